The molecule has 0 nitrogen and oxygen atoms in total. The second-order valence-electron chi connectivity index (χ2n) is 0. The van der Waals surface area contributed by atoms with E-state index in [0.717, 1.165) is 0 Å². The molecule has 0 saturated carbocycles. The van der Waals surface area contributed by atoms with Gasteiger partial charge in [-0.1, -0.05) is 0 Å². The van der Waals surface area contributed by atoms with E-state index in [1.165, 1.54) is 0 Å². The first-order valence-electron chi connectivity index (χ1n) is 0.200. The Kier molecular flexibility index (Phi) is 70.0. The first-order valence-corrected chi connectivity index (χ1v) is 5.40. The molecule has 0 unspecified atom stereocenters. The third-order valence-corrected chi connectivity index (χ3v) is 0. The standard InChI is InChI=1S/Ga.H2Se2.Tl.3H/c;1-2;;;;/h;1-2H;;;;. The van der Waals surface area contributed by atoms with E-state index in [-0.39, 0.29) is 47.1 Å². The summed E-state index contributed by atoms with van der Waals surface area (Å²) < 4.78 is 0. The molecule has 0 bridgehead atoms. The maximum absolute atomic E-state index is 2.25. The van der Waals surface area contributed by atoms with Gasteiger partial charge in [0.2, 0.25) is 0 Å². The van der Waals surface area contributed by atoms with Gasteiger partial charge in [0, 0.05) is 27.3 Å². The molecule has 0 amide bonds. The van der Waals surface area contributed by atoms with Crippen molar-refractivity contribution in [1.82, 2.24) is 0 Å². The van der Waals surface area contributed by atoms with E-state index in [4.69, 9.17) is 0 Å². The van der Waals surface area contributed by atoms with E-state index in [1.807, 2.05) is 0 Å². The third kappa shape index (κ3) is 8.82. The minimum Gasteiger partial charge on any atom is 0 e. The van der Waals surface area contributed by atoms with Gasteiger partial charge in [-0.2, -0.15) is 0 Å². The van der Waals surface area contributed by atoms with Crippen LogP contribution in [-0.2, 0) is 0 Å². The molecular weight excluding hydrogens is 432 g/mol. The van der Waals surface area contributed by atoms with Crippen LogP contribution in [0.15, 0.2) is 0 Å². The van der Waals surface area contributed by atoms with Gasteiger partial charge in [0.05, 0.1) is 0 Å². The Labute approximate surface area is 74.3 Å². The van der Waals surface area contributed by atoms with Crippen LogP contribution in [0.3, 0.4) is 0 Å². The molecule has 0 aromatic carbocycles. The molecule has 0 aliphatic heterocycles. The predicted octanol–water partition coefficient (Wildman–Crippen LogP) is -2.86. The largest absolute Gasteiger partial charge is 0 e. The van der Waals surface area contributed by atoms with Crippen molar-refractivity contribution in [3.05, 3.63) is 0 Å². The Morgan fingerprint density at radius 2 is 1.00 bits per heavy atom. The van der Waals surface area contributed by atoms with Crippen molar-refractivity contribution in [1.29, 1.82) is 0 Å². The van der Waals surface area contributed by atoms with Crippen LogP contribution in [0.1, 0.15) is 0 Å². The maximum Gasteiger partial charge on any atom is 0 e. The van der Waals surface area contributed by atoms with E-state index >= 15 is 0 Å². The van der Waals surface area contributed by atoms with Gasteiger partial charge in [-0.05, 0) is 0 Å². The summed E-state index contributed by atoms with van der Waals surface area (Å²) in [6.07, 6.45) is 0. The normalized spacial score (nSPS) is 1.50. The Hall–Kier alpha value is 2.60. The van der Waals surface area contributed by atoms with Gasteiger partial charge >= 0.3 is 48.2 Å². The van der Waals surface area contributed by atoms with Crippen molar-refractivity contribution in [2.24, 2.45) is 0 Å². The second kappa shape index (κ2) is 17.5. The van der Waals surface area contributed by atoms with Crippen LogP contribution in [0.2, 0.25) is 0 Å². The molecule has 1 radical (unpaired) electrons. The van der Waals surface area contributed by atoms with Crippen molar-refractivity contribution < 1.29 is 0 Å². The average molecular weight is 437 g/mol. The summed E-state index contributed by atoms with van der Waals surface area (Å²) in [5.74, 6) is 0. The smallest absolute Gasteiger partial charge is 0 e. The average Bonchev–Trinajstić information content (AvgIpc) is 1.00. The second-order valence-corrected chi connectivity index (χ2v) is 0. The summed E-state index contributed by atoms with van der Waals surface area (Å²) in [6, 6.07) is 0. The number of rotatable bonds is 0. The number of hydrogen-bond acceptors (Lipinski definition) is 0. The molecule has 0 fully saturated rings. The monoisotopic (exact) mass is 439 g/mol. The van der Waals surface area contributed by atoms with E-state index in [2.05, 4.69) is 28.4 Å². The summed E-state index contributed by atoms with van der Waals surface area (Å²) in [5.41, 5.74) is 0. The van der Waals surface area contributed by atoms with Gasteiger partial charge in [-0.15, -0.1) is 0 Å². The maximum atomic E-state index is 2.25. The molecule has 0 saturated heterocycles. The minimum atomic E-state index is 0. The fraction of sp³-hybridized carbons (Fsp3) is 0. The first kappa shape index (κ1) is 16.0. The van der Waals surface area contributed by atoms with Crippen LogP contribution in [-0.4, -0.2) is 75.5 Å². The van der Waals surface area contributed by atoms with Crippen molar-refractivity contribution >= 4 is 75.5 Å². The molecule has 0 heterocycles. The Balaban J connectivity index is -0.00000000500. The molecule has 0 spiro atoms. The van der Waals surface area contributed by atoms with E-state index in [0.29, 0.717) is 0 Å². The van der Waals surface area contributed by atoms with Gasteiger partial charge < -0.3 is 0 Å². The van der Waals surface area contributed by atoms with Crippen molar-refractivity contribution in [2.75, 3.05) is 0 Å². The van der Waals surface area contributed by atoms with Crippen LogP contribution in [0.25, 0.3) is 0 Å². The summed E-state index contributed by atoms with van der Waals surface area (Å²) in [7, 11) is 0. The third-order valence-electron chi connectivity index (χ3n) is 0. The minimum absolute atomic E-state index is 0. The summed E-state index contributed by atoms with van der Waals surface area (Å²) in [6.45, 7) is 0. The molecule has 0 atom stereocenters. The van der Waals surface area contributed by atoms with Gasteiger partial charge in [-0.25, -0.2) is 0 Å². The molecular formula is H5GaSe2Tl. The van der Waals surface area contributed by atoms with Crippen LogP contribution in [0.4, 0.5) is 0 Å². The molecule has 0 N–H and O–H groups in total. The molecule has 4 heavy (non-hydrogen) atoms. The van der Waals surface area contributed by atoms with Gasteiger partial charge in [-0.3, -0.25) is 0 Å². The summed E-state index contributed by atoms with van der Waals surface area (Å²) in [5, 5.41) is 0. The quantitative estimate of drug-likeness (QED) is 0.358. The molecule has 23 valence electrons. The van der Waals surface area contributed by atoms with Crippen LogP contribution in [0, 0.1) is 0 Å². The van der Waals surface area contributed by atoms with Gasteiger partial charge in [0.25, 0.3) is 0 Å². The van der Waals surface area contributed by atoms with Crippen LogP contribution in [0.5, 0.6) is 0 Å². The van der Waals surface area contributed by atoms with E-state index in [1.54, 1.807) is 0 Å². The first-order chi connectivity index (χ1) is 1.00. The molecule has 0 rings (SSSR count). The molecule has 4 heteroatoms. The van der Waals surface area contributed by atoms with E-state index in [9.17, 15) is 0 Å². The van der Waals surface area contributed by atoms with Gasteiger partial charge in [0.1, 0.15) is 0 Å². The zero-order chi connectivity index (χ0) is 2.00. The SMILES string of the molecule is [GaH3].[SeH][SeH].[Tl]. The fourth-order valence-electron chi connectivity index (χ4n) is 0. The Bertz CT molecular complexity index is 6.00. The topological polar surface area (TPSA) is 0 Å². The Morgan fingerprint density at radius 3 is 1.00 bits per heavy atom. The van der Waals surface area contributed by atoms with Crippen LogP contribution >= 0.6 is 0 Å². The summed E-state index contributed by atoms with van der Waals surface area (Å²) in [4.78, 5) is 0. The van der Waals surface area contributed by atoms with Crippen molar-refractivity contribution in [2.45, 2.75) is 0 Å². The molecule has 0 aromatic rings. The predicted molar refractivity (Wildman–Crippen MR) is 30.0 cm³/mol. The van der Waals surface area contributed by atoms with Gasteiger partial charge in [0.15, 0.2) is 0 Å². The molecule has 0 aliphatic rings. The zero-order valence-corrected chi connectivity index (χ0v) is 9.71. The Morgan fingerprint density at radius 1 is 1.00 bits per heavy atom. The zero-order valence-electron chi connectivity index (χ0n) is 1.47. The van der Waals surface area contributed by atoms with Crippen molar-refractivity contribution in [3.8, 4) is 0 Å². The number of hydrogen-bond donors (Lipinski definition) is 0. The molecule has 0 aromatic heterocycles. The molecule has 0 aliphatic carbocycles. The van der Waals surface area contributed by atoms with Crippen LogP contribution < -0.4 is 0 Å². The summed E-state index contributed by atoms with van der Waals surface area (Å²) >= 11 is 4.50. The fourth-order valence-corrected chi connectivity index (χ4v) is 0. The van der Waals surface area contributed by atoms with Crippen molar-refractivity contribution in [3.63, 3.8) is 0 Å². The van der Waals surface area contributed by atoms with E-state index < -0.39 is 0 Å².